The summed E-state index contributed by atoms with van der Waals surface area (Å²) >= 11 is 1.08. The van der Waals surface area contributed by atoms with E-state index < -0.39 is 26.0 Å². The second-order valence-corrected chi connectivity index (χ2v) is 11.6. The van der Waals surface area contributed by atoms with Crippen LogP contribution in [0.5, 0.6) is 0 Å². The van der Waals surface area contributed by atoms with Gasteiger partial charge in [0.1, 0.15) is 4.21 Å². The second-order valence-electron chi connectivity index (χ2n) is 6.74. The van der Waals surface area contributed by atoms with Crippen LogP contribution in [0.25, 0.3) is 0 Å². The number of sulfonamides is 2. The van der Waals surface area contributed by atoms with Gasteiger partial charge in [-0.3, -0.25) is 9.52 Å². The molecule has 31 heavy (non-hydrogen) atoms. The summed E-state index contributed by atoms with van der Waals surface area (Å²) in [5.74, 6) is -0.518. The van der Waals surface area contributed by atoms with E-state index in [-0.39, 0.29) is 15.6 Å². The van der Waals surface area contributed by atoms with Gasteiger partial charge in [-0.2, -0.15) is 4.31 Å². The van der Waals surface area contributed by atoms with Crippen molar-refractivity contribution in [3.05, 3.63) is 71.6 Å². The molecule has 3 aromatic rings. The van der Waals surface area contributed by atoms with Crippen molar-refractivity contribution in [3.8, 4) is 0 Å². The van der Waals surface area contributed by atoms with Crippen LogP contribution in [-0.2, 0) is 24.8 Å². The van der Waals surface area contributed by atoms with Crippen LogP contribution in [0.15, 0.2) is 75.1 Å². The topological polar surface area (TPSA) is 113 Å². The Morgan fingerprint density at radius 3 is 2.13 bits per heavy atom. The van der Waals surface area contributed by atoms with Crippen LogP contribution in [0.4, 0.5) is 11.4 Å². The average Bonchev–Trinajstić information content (AvgIpc) is 3.25. The van der Waals surface area contributed by atoms with E-state index in [1.165, 1.54) is 49.5 Å². The predicted octanol–water partition coefficient (Wildman–Crippen LogP) is 3.12. The molecule has 0 bridgehead atoms. The lowest BCUT2D eigenvalue weighted by molar-refractivity contribution is -0.116. The molecule has 1 heterocycles. The monoisotopic (exact) mass is 479 g/mol. The summed E-state index contributed by atoms with van der Waals surface area (Å²) in [5.41, 5.74) is 1.69. The zero-order chi connectivity index (χ0) is 22.6. The molecule has 0 atom stereocenters. The smallest absolute Gasteiger partial charge is 0.261 e. The number of aryl methyl sites for hydroxylation is 1. The van der Waals surface area contributed by atoms with Crippen molar-refractivity contribution in [1.29, 1.82) is 0 Å². The van der Waals surface area contributed by atoms with E-state index in [4.69, 9.17) is 0 Å². The van der Waals surface area contributed by atoms with Gasteiger partial charge in [0.05, 0.1) is 11.4 Å². The van der Waals surface area contributed by atoms with Gasteiger partial charge in [-0.15, -0.1) is 11.3 Å². The number of carbonyl (C=O) groups is 1. The molecule has 0 saturated heterocycles. The molecule has 164 valence electrons. The number of carbonyl (C=O) groups excluding carboxylic acids is 1. The summed E-state index contributed by atoms with van der Waals surface area (Å²) in [4.78, 5) is 12.4. The van der Waals surface area contributed by atoms with E-state index >= 15 is 0 Å². The molecule has 0 aliphatic rings. The number of amides is 1. The van der Waals surface area contributed by atoms with Gasteiger partial charge in [-0.1, -0.05) is 23.8 Å². The van der Waals surface area contributed by atoms with Crippen molar-refractivity contribution in [3.63, 3.8) is 0 Å². The Labute approximate surface area is 185 Å². The fourth-order valence-electron chi connectivity index (χ4n) is 2.60. The number of benzene rings is 2. The first kappa shape index (κ1) is 22.9. The SMILES string of the molecule is Cc1ccc(S(=O)(=O)Nc2ccc(NC(=O)CN(C)S(=O)(=O)c3cccs3)cc2)cc1. The Hall–Kier alpha value is -2.73. The number of nitrogens with one attached hydrogen (secondary N) is 2. The quantitative estimate of drug-likeness (QED) is 0.515. The molecule has 2 aromatic carbocycles. The minimum atomic E-state index is -3.73. The van der Waals surface area contributed by atoms with Crippen molar-refractivity contribution in [1.82, 2.24) is 4.31 Å². The Morgan fingerprint density at radius 1 is 0.935 bits per heavy atom. The highest BCUT2D eigenvalue weighted by molar-refractivity contribution is 7.92. The summed E-state index contributed by atoms with van der Waals surface area (Å²) in [5, 5.41) is 4.25. The minimum absolute atomic E-state index is 0.144. The molecule has 3 rings (SSSR count). The van der Waals surface area contributed by atoms with Crippen LogP contribution in [0.2, 0.25) is 0 Å². The Kier molecular flexibility index (Phi) is 6.80. The largest absolute Gasteiger partial charge is 0.325 e. The van der Waals surface area contributed by atoms with Crippen molar-refractivity contribution in [2.45, 2.75) is 16.0 Å². The lowest BCUT2D eigenvalue weighted by Crippen LogP contribution is -2.34. The van der Waals surface area contributed by atoms with Gasteiger partial charge in [0.25, 0.3) is 20.0 Å². The van der Waals surface area contributed by atoms with Gasteiger partial charge in [0, 0.05) is 18.4 Å². The van der Waals surface area contributed by atoms with Crippen LogP contribution in [0.3, 0.4) is 0 Å². The van der Waals surface area contributed by atoms with Gasteiger partial charge >= 0.3 is 0 Å². The first-order chi connectivity index (χ1) is 14.6. The Balaban J connectivity index is 1.61. The lowest BCUT2D eigenvalue weighted by atomic mass is 10.2. The van der Waals surface area contributed by atoms with Gasteiger partial charge in [0.15, 0.2) is 0 Å². The molecule has 1 amide bonds. The summed E-state index contributed by atoms with van der Waals surface area (Å²) in [7, 11) is -6.12. The highest BCUT2D eigenvalue weighted by Gasteiger charge is 2.23. The van der Waals surface area contributed by atoms with E-state index in [1.54, 1.807) is 23.6 Å². The molecule has 0 spiro atoms. The van der Waals surface area contributed by atoms with Crippen LogP contribution in [-0.4, -0.2) is 40.6 Å². The molecule has 0 fully saturated rings. The Bertz CT molecular complexity index is 1250. The molecule has 0 radical (unpaired) electrons. The number of hydrogen-bond donors (Lipinski definition) is 2. The number of rotatable bonds is 8. The number of anilines is 2. The van der Waals surface area contributed by atoms with Crippen molar-refractivity contribution in [2.75, 3.05) is 23.6 Å². The summed E-state index contributed by atoms with van der Waals surface area (Å²) in [6, 6.07) is 15.6. The summed E-state index contributed by atoms with van der Waals surface area (Å²) in [6.45, 7) is 1.51. The third kappa shape index (κ3) is 5.70. The zero-order valence-electron chi connectivity index (χ0n) is 16.8. The summed E-state index contributed by atoms with van der Waals surface area (Å²) in [6.07, 6.45) is 0. The molecular weight excluding hydrogens is 458 g/mol. The van der Waals surface area contributed by atoms with E-state index in [9.17, 15) is 21.6 Å². The lowest BCUT2D eigenvalue weighted by Gasteiger charge is -2.16. The normalized spacial score (nSPS) is 12.0. The standard InChI is InChI=1S/C20H21N3O5S3/c1-15-5-11-18(12-6-15)30(25,26)22-17-9-7-16(8-10-17)21-19(24)14-23(2)31(27,28)20-4-3-13-29-20/h3-13,22H,14H2,1-2H3,(H,21,24). The second kappa shape index (κ2) is 9.18. The van der Waals surface area contributed by atoms with Gasteiger partial charge in [0.2, 0.25) is 5.91 Å². The van der Waals surface area contributed by atoms with Gasteiger partial charge in [-0.25, -0.2) is 16.8 Å². The fourth-order valence-corrected chi connectivity index (χ4v) is 5.99. The predicted molar refractivity (Wildman–Crippen MR) is 121 cm³/mol. The number of thiophene rings is 1. The third-order valence-corrected chi connectivity index (χ3v) is 8.85. The number of nitrogens with zero attached hydrogens (tertiary/aromatic N) is 1. The first-order valence-electron chi connectivity index (χ1n) is 9.07. The molecule has 1 aromatic heterocycles. The maximum Gasteiger partial charge on any atom is 0.261 e. The molecule has 0 aliphatic carbocycles. The number of hydrogen-bond acceptors (Lipinski definition) is 6. The Morgan fingerprint density at radius 2 is 1.55 bits per heavy atom. The first-order valence-corrected chi connectivity index (χ1v) is 12.9. The van der Waals surface area contributed by atoms with Crippen LogP contribution >= 0.6 is 11.3 Å². The van der Waals surface area contributed by atoms with E-state index in [0.717, 1.165) is 21.2 Å². The third-order valence-electron chi connectivity index (χ3n) is 4.28. The molecule has 8 nitrogen and oxygen atoms in total. The van der Waals surface area contributed by atoms with Crippen molar-refractivity contribution >= 4 is 48.7 Å². The highest BCUT2D eigenvalue weighted by Crippen LogP contribution is 2.21. The van der Waals surface area contributed by atoms with E-state index in [2.05, 4.69) is 10.0 Å². The molecule has 0 unspecified atom stereocenters. The fraction of sp³-hybridized carbons (Fsp3) is 0.150. The highest BCUT2D eigenvalue weighted by atomic mass is 32.2. The van der Waals surface area contributed by atoms with Crippen molar-refractivity contribution in [2.24, 2.45) is 0 Å². The molecule has 0 aliphatic heterocycles. The van der Waals surface area contributed by atoms with E-state index in [0.29, 0.717) is 11.4 Å². The maximum absolute atomic E-state index is 12.4. The maximum atomic E-state index is 12.4. The zero-order valence-corrected chi connectivity index (χ0v) is 19.2. The van der Waals surface area contributed by atoms with Gasteiger partial charge in [-0.05, 0) is 54.8 Å². The average molecular weight is 480 g/mol. The minimum Gasteiger partial charge on any atom is -0.325 e. The molecule has 11 heteroatoms. The molecular formula is C20H21N3O5S3. The number of likely N-dealkylation sites (N-methyl/N-ethyl adjacent to an activating group) is 1. The summed E-state index contributed by atoms with van der Waals surface area (Å²) < 4.78 is 53.3. The molecule has 0 saturated carbocycles. The molecule has 2 N–H and O–H groups in total. The van der Waals surface area contributed by atoms with Crippen molar-refractivity contribution < 1.29 is 21.6 Å². The van der Waals surface area contributed by atoms with E-state index in [1.807, 2.05) is 6.92 Å². The van der Waals surface area contributed by atoms with Crippen LogP contribution in [0.1, 0.15) is 5.56 Å². The van der Waals surface area contributed by atoms with Crippen LogP contribution in [0, 0.1) is 6.92 Å². The van der Waals surface area contributed by atoms with Gasteiger partial charge < -0.3 is 5.32 Å². The van der Waals surface area contributed by atoms with Crippen LogP contribution < -0.4 is 10.0 Å².